The van der Waals surface area contributed by atoms with Gasteiger partial charge in [0.25, 0.3) is 5.91 Å². The largest absolute Gasteiger partial charge is 0.364 e. The van der Waals surface area contributed by atoms with E-state index in [1.165, 1.54) is 0 Å². The molecule has 3 N–H and O–H groups in total. The molecule has 4 nitrogen and oxygen atoms in total. The first kappa shape index (κ1) is 8.84. The molecule has 0 spiro atoms. The van der Waals surface area contributed by atoms with Gasteiger partial charge in [0.1, 0.15) is 5.71 Å². The molecule has 0 aromatic rings. The number of nitrogens with zero attached hydrogens (tertiary/aromatic N) is 1. The summed E-state index contributed by atoms with van der Waals surface area (Å²) in [7, 11) is 0. The molecule has 0 aliphatic rings. The number of hydrogen-bond acceptors (Lipinski definition) is 2. The van der Waals surface area contributed by atoms with Gasteiger partial charge in [-0.05, 0) is 17.7 Å². The first-order valence-electron chi connectivity index (χ1n) is 2.33. The lowest BCUT2D eigenvalue weighted by Gasteiger charge is -1.89. The van der Waals surface area contributed by atoms with E-state index in [1.54, 1.807) is 0 Å². The third-order valence-corrected chi connectivity index (χ3v) is 0.749. The van der Waals surface area contributed by atoms with Gasteiger partial charge in [-0.25, -0.2) is 4.99 Å². The van der Waals surface area contributed by atoms with Crippen molar-refractivity contribution in [3.63, 3.8) is 0 Å². The molecule has 0 rings (SSSR count). The van der Waals surface area contributed by atoms with Crippen LogP contribution in [0.4, 0.5) is 0 Å². The molecule has 0 aromatic heterocycles. The molecule has 0 bridgehead atoms. The van der Waals surface area contributed by atoms with Crippen LogP contribution in [0.15, 0.2) is 17.6 Å². The Morgan fingerprint density at radius 2 is 2.30 bits per heavy atom. The number of amidine groups is 1. The van der Waals surface area contributed by atoms with Crippen LogP contribution in [0.25, 0.3) is 0 Å². The van der Waals surface area contributed by atoms with E-state index in [2.05, 4.69) is 11.6 Å². The monoisotopic (exact) mass is 159 g/mol. The Balaban J connectivity index is 4.49. The van der Waals surface area contributed by atoms with Crippen molar-refractivity contribution in [1.29, 1.82) is 5.41 Å². The van der Waals surface area contributed by atoms with E-state index in [0.717, 1.165) is 6.08 Å². The minimum Gasteiger partial charge on any atom is -0.364 e. The summed E-state index contributed by atoms with van der Waals surface area (Å²) in [6.07, 6.45) is 1.14. The van der Waals surface area contributed by atoms with Crippen molar-refractivity contribution in [2.75, 3.05) is 0 Å². The molecule has 54 valence electrons. The molecule has 10 heavy (non-hydrogen) atoms. The van der Waals surface area contributed by atoms with Crippen molar-refractivity contribution >= 4 is 28.5 Å². The molecule has 0 heterocycles. The van der Waals surface area contributed by atoms with Gasteiger partial charge in [0.05, 0.1) is 0 Å². The molecule has 5 heteroatoms. The number of rotatable bonds is 2. The third-order valence-electron chi connectivity index (χ3n) is 0.664. The quantitative estimate of drug-likeness (QED) is 0.339. The van der Waals surface area contributed by atoms with Crippen molar-refractivity contribution in [1.82, 2.24) is 0 Å². The zero-order chi connectivity index (χ0) is 8.15. The van der Waals surface area contributed by atoms with Crippen molar-refractivity contribution in [2.45, 2.75) is 0 Å². The van der Waals surface area contributed by atoms with Crippen molar-refractivity contribution < 1.29 is 4.79 Å². The molecular weight excluding hydrogens is 154 g/mol. The second kappa shape index (κ2) is 3.79. The van der Waals surface area contributed by atoms with Crippen LogP contribution in [-0.2, 0) is 4.79 Å². The third kappa shape index (κ3) is 2.99. The van der Waals surface area contributed by atoms with Gasteiger partial charge in [-0.1, -0.05) is 6.58 Å². The van der Waals surface area contributed by atoms with E-state index in [1.807, 2.05) is 0 Å². The molecule has 1 amide bonds. The maximum atomic E-state index is 10.3. The van der Waals surface area contributed by atoms with Gasteiger partial charge >= 0.3 is 0 Å². The molecule has 0 radical (unpaired) electrons. The van der Waals surface area contributed by atoms with Crippen LogP contribution in [0.1, 0.15) is 0 Å². The summed E-state index contributed by atoms with van der Waals surface area (Å²) in [5.41, 5.74) is 4.69. The van der Waals surface area contributed by atoms with Gasteiger partial charge in [0.15, 0.2) is 0 Å². The Hall–Kier alpha value is -1.16. The van der Waals surface area contributed by atoms with Gasteiger partial charge in [-0.15, -0.1) is 0 Å². The fourth-order valence-electron chi connectivity index (χ4n) is 0.307. The topological polar surface area (TPSA) is 79.3 Å². The molecule has 0 atom stereocenters. The van der Waals surface area contributed by atoms with Crippen molar-refractivity contribution in [3.8, 4) is 0 Å². The van der Waals surface area contributed by atoms with Crippen molar-refractivity contribution in [2.24, 2.45) is 10.7 Å². The fraction of sp³-hybridized carbons (Fsp3) is 0. The van der Waals surface area contributed by atoms with Gasteiger partial charge in [0.2, 0.25) is 5.29 Å². The number of carbonyl (C=O) groups is 1. The van der Waals surface area contributed by atoms with Gasteiger partial charge in [0, 0.05) is 0 Å². The highest BCUT2D eigenvalue weighted by Gasteiger charge is 2.00. The summed E-state index contributed by atoms with van der Waals surface area (Å²) in [6.45, 7) is 3.25. The van der Waals surface area contributed by atoms with E-state index in [0.29, 0.717) is 0 Å². The molecule has 0 saturated heterocycles. The Kier molecular flexibility index (Phi) is 3.35. The van der Waals surface area contributed by atoms with E-state index >= 15 is 0 Å². The molecule has 0 aliphatic heterocycles. The van der Waals surface area contributed by atoms with Crippen molar-refractivity contribution in [3.05, 3.63) is 12.7 Å². The Bertz CT molecular complexity index is 209. The summed E-state index contributed by atoms with van der Waals surface area (Å²) in [6, 6.07) is 0. The summed E-state index contributed by atoms with van der Waals surface area (Å²) in [5, 5.41) is 6.15. The van der Waals surface area contributed by atoms with Gasteiger partial charge in [-0.2, -0.15) is 0 Å². The number of nitrogens with one attached hydrogen (secondary N) is 1. The van der Waals surface area contributed by atoms with E-state index < -0.39 is 11.2 Å². The number of nitrogens with two attached hydrogens (primary N) is 1. The highest BCUT2D eigenvalue weighted by Crippen LogP contribution is 1.86. The van der Waals surface area contributed by atoms with Crippen LogP contribution in [0.5, 0.6) is 0 Å². The average molecular weight is 160 g/mol. The number of hydrogen-bond donors (Lipinski definition) is 2. The Labute approximate surface area is 62.9 Å². The normalized spacial score (nSPS) is 10.7. The zero-order valence-corrected chi connectivity index (χ0v) is 5.85. The predicted molar refractivity (Wildman–Crippen MR) is 40.4 cm³/mol. The highest BCUT2D eigenvalue weighted by atomic mass is 35.5. The number of amides is 1. The lowest BCUT2D eigenvalue weighted by atomic mass is 10.3. The number of halogens is 1. The maximum absolute atomic E-state index is 10.3. The standard InChI is InChI=1S/C5H6ClN3O/c1-2-3(4(7)10)9-5(6)8/h2,8H,1H2,(H2,7,10). The van der Waals surface area contributed by atoms with E-state index in [-0.39, 0.29) is 5.71 Å². The first-order valence-corrected chi connectivity index (χ1v) is 2.70. The van der Waals surface area contributed by atoms with Gasteiger partial charge in [-0.3, -0.25) is 10.2 Å². The lowest BCUT2D eigenvalue weighted by Crippen LogP contribution is -2.21. The smallest absolute Gasteiger partial charge is 0.267 e. The summed E-state index contributed by atoms with van der Waals surface area (Å²) >= 11 is 5.04. The molecule has 0 saturated carbocycles. The predicted octanol–water partition coefficient (Wildman–Crippen LogP) is 0.272. The maximum Gasteiger partial charge on any atom is 0.267 e. The number of aliphatic imine (C=N–C) groups is 1. The molecular formula is C5H6ClN3O. The van der Waals surface area contributed by atoms with Crippen LogP contribution in [-0.4, -0.2) is 16.9 Å². The molecule has 0 aromatic carbocycles. The van der Waals surface area contributed by atoms with Gasteiger partial charge < -0.3 is 5.73 Å². The highest BCUT2D eigenvalue weighted by molar-refractivity contribution is 6.66. The first-order chi connectivity index (χ1) is 4.57. The Morgan fingerprint density at radius 3 is 2.40 bits per heavy atom. The lowest BCUT2D eigenvalue weighted by molar-refractivity contribution is -0.111. The van der Waals surface area contributed by atoms with Crippen LogP contribution in [0, 0.1) is 5.41 Å². The number of carbonyl (C=O) groups excluding carboxylic acids is 1. The average Bonchev–Trinajstić information content (AvgIpc) is 1.81. The summed E-state index contributed by atoms with van der Waals surface area (Å²) in [4.78, 5) is 13.6. The Morgan fingerprint density at radius 1 is 1.80 bits per heavy atom. The van der Waals surface area contributed by atoms with Crippen LogP contribution in [0.2, 0.25) is 0 Å². The molecule has 0 aliphatic carbocycles. The van der Waals surface area contributed by atoms with Crippen LogP contribution in [0.3, 0.4) is 0 Å². The molecule has 0 unspecified atom stereocenters. The zero-order valence-electron chi connectivity index (χ0n) is 5.10. The summed E-state index contributed by atoms with van der Waals surface area (Å²) in [5.74, 6) is -0.750. The van der Waals surface area contributed by atoms with E-state index in [9.17, 15) is 4.79 Å². The van der Waals surface area contributed by atoms with Crippen LogP contribution >= 0.6 is 11.6 Å². The van der Waals surface area contributed by atoms with Crippen LogP contribution < -0.4 is 5.73 Å². The SMILES string of the molecule is C=CC(=NC(=N)Cl)C(N)=O. The minimum atomic E-state index is -0.750. The summed E-state index contributed by atoms with van der Waals surface area (Å²) < 4.78 is 0. The number of primary amides is 1. The van der Waals surface area contributed by atoms with E-state index in [4.69, 9.17) is 22.7 Å². The fourth-order valence-corrected chi connectivity index (χ4v) is 0.398. The second-order valence-electron chi connectivity index (χ2n) is 1.36. The minimum absolute atomic E-state index is 0.111. The molecule has 0 fully saturated rings. The second-order valence-corrected chi connectivity index (χ2v) is 1.71.